The lowest BCUT2D eigenvalue weighted by molar-refractivity contribution is 1.10. The summed E-state index contributed by atoms with van der Waals surface area (Å²) in [7, 11) is 1.85. The van der Waals surface area contributed by atoms with Crippen LogP contribution in [0.4, 0.5) is 0 Å². The van der Waals surface area contributed by atoms with Gasteiger partial charge < -0.3 is 5.32 Å². The Hall–Kier alpha value is -1.16. The molecule has 0 aliphatic heterocycles. The van der Waals surface area contributed by atoms with Crippen LogP contribution in [0.5, 0.6) is 0 Å². The van der Waals surface area contributed by atoms with Crippen molar-refractivity contribution in [2.24, 2.45) is 0 Å². The lowest BCUT2D eigenvalue weighted by Crippen LogP contribution is -1.89. The Morgan fingerprint density at radius 3 is 2.12 bits per heavy atom. The van der Waals surface area contributed by atoms with Gasteiger partial charge in [-0.05, 0) is 12.3 Å². The second-order valence-electron chi connectivity index (χ2n) is 0.883. The van der Waals surface area contributed by atoms with Gasteiger partial charge in [-0.25, -0.2) is 0 Å². The van der Waals surface area contributed by atoms with E-state index in [1.54, 1.807) is 6.08 Å². The van der Waals surface area contributed by atoms with E-state index in [0.717, 1.165) is 0 Å². The molecule has 0 fully saturated rings. The lowest BCUT2D eigenvalue weighted by atomic mass is 10.6. The standard InChI is InChI=1S/C5H9N.C2H2/c1-3-4-5-6-2;1-2/h3-6H,1H2,2H3;1-2H/b5-4-;. The normalized spacial score (nSPS) is 6.88. The maximum Gasteiger partial charge on any atom is 0.00277 e. The smallest absolute Gasteiger partial charge is 0.00277 e. The van der Waals surface area contributed by atoms with Crippen LogP contribution in [0.3, 0.4) is 0 Å². The number of terminal acetylenes is 1. The monoisotopic (exact) mass is 109 g/mol. The molecule has 0 amide bonds. The molecule has 0 rings (SSSR count). The molecule has 0 saturated carbocycles. The zero-order chi connectivity index (χ0) is 6.83. The molecule has 0 saturated heterocycles. The molecule has 1 nitrogen and oxygen atoms in total. The van der Waals surface area contributed by atoms with Gasteiger partial charge in [-0.2, -0.15) is 0 Å². The molecule has 0 heterocycles. The molecule has 44 valence electrons. The summed E-state index contributed by atoms with van der Waals surface area (Å²) in [6.45, 7) is 3.47. The molecule has 0 aromatic rings. The maximum absolute atomic E-state index is 4.00. The Bertz CT molecular complexity index is 79.6. The maximum atomic E-state index is 4.00. The largest absolute Gasteiger partial charge is 0.394 e. The van der Waals surface area contributed by atoms with Crippen molar-refractivity contribution in [1.82, 2.24) is 5.32 Å². The lowest BCUT2D eigenvalue weighted by Gasteiger charge is -1.76. The summed E-state index contributed by atoms with van der Waals surface area (Å²) >= 11 is 0. The fourth-order valence-electron chi connectivity index (χ4n) is 0.164. The molecule has 8 heavy (non-hydrogen) atoms. The van der Waals surface area contributed by atoms with E-state index in [0.29, 0.717) is 0 Å². The van der Waals surface area contributed by atoms with Crippen LogP contribution in [0.2, 0.25) is 0 Å². The van der Waals surface area contributed by atoms with Crippen molar-refractivity contribution >= 4 is 0 Å². The van der Waals surface area contributed by atoms with Crippen LogP contribution in [0.25, 0.3) is 0 Å². The van der Waals surface area contributed by atoms with E-state index < -0.39 is 0 Å². The second kappa shape index (κ2) is 17.0. The SMILES string of the molecule is C#C.C=C/C=C\NC. The quantitative estimate of drug-likeness (QED) is 0.414. The van der Waals surface area contributed by atoms with Crippen LogP contribution in [-0.2, 0) is 0 Å². The molecule has 0 radical (unpaired) electrons. The van der Waals surface area contributed by atoms with Gasteiger partial charge in [0.05, 0.1) is 0 Å². The number of hydrogen-bond acceptors (Lipinski definition) is 1. The van der Waals surface area contributed by atoms with E-state index >= 15 is 0 Å². The first-order valence-electron chi connectivity index (χ1n) is 2.20. The molecule has 1 N–H and O–H groups in total. The number of hydrogen-bond donors (Lipinski definition) is 1. The molecular formula is C7H11N. The van der Waals surface area contributed by atoms with Crippen molar-refractivity contribution < 1.29 is 0 Å². The van der Waals surface area contributed by atoms with E-state index in [-0.39, 0.29) is 0 Å². The number of rotatable bonds is 2. The van der Waals surface area contributed by atoms with Gasteiger partial charge in [-0.3, -0.25) is 0 Å². The van der Waals surface area contributed by atoms with Crippen molar-refractivity contribution in [3.05, 3.63) is 24.9 Å². The minimum absolute atomic E-state index is 1.72. The summed E-state index contributed by atoms with van der Waals surface area (Å²) in [4.78, 5) is 0. The van der Waals surface area contributed by atoms with Crippen LogP contribution < -0.4 is 5.32 Å². The number of allylic oxidation sites excluding steroid dienone is 2. The first kappa shape index (κ1) is 9.96. The predicted octanol–water partition coefficient (Wildman–Crippen LogP) is 1.15. The van der Waals surface area contributed by atoms with Crippen molar-refractivity contribution in [1.29, 1.82) is 0 Å². The molecule has 0 aliphatic rings. The van der Waals surface area contributed by atoms with Gasteiger partial charge in [0.15, 0.2) is 0 Å². The molecule has 0 aliphatic carbocycles. The van der Waals surface area contributed by atoms with E-state index in [1.807, 2.05) is 19.3 Å². The van der Waals surface area contributed by atoms with Gasteiger partial charge >= 0.3 is 0 Å². The van der Waals surface area contributed by atoms with Crippen molar-refractivity contribution in [3.8, 4) is 12.8 Å². The van der Waals surface area contributed by atoms with E-state index in [9.17, 15) is 0 Å². The Morgan fingerprint density at radius 1 is 1.50 bits per heavy atom. The van der Waals surface area contributed by atoms with Crippen LogP contribution >= 0.6 is 0 Å². The highest BCUT2D eigenvalue weighted by molar-refractivity contribution is 4.94. The third kappa shape index (κ3) is 21.1. The average Bonchev–Trinajstić information content (AvgIpc) is 1.88. The summed E-state index contributed by atoms with van der Waals surface area (Å²) < 4.78 is 0. The zero-order valence-corrected chi connectivity index (χ0v) is 5.09. The van der Waals surface area contributed by atoms with Crippen molar-refractivity contribution in [3.63, 3.8) is 0 Å². The zero-order valence-electron chi connectivity index (χ0n) is 5.09. The predicted molar refractivity (Wildman–Crippen MR) is 38.3 cm³/mol. The Morgan fingerprint density at radius 2 is 2.00 bits per heavy atom. The summed E-state index contributed by atoms with van der Waals surface area (Å²) in [5.41, 5.74) is 0. The molecular weight excluding hydrogens is 98.1 g/mol. The van der Waals surface area contributed by atoms with Crippen molar-refractivity contribution in [2.45, 2.75) is 0 Å². The summed E-state index contributed by atoms with van der Waals surface area (Å²) in [6, 6.07) is 0. The third-order valence-electron chi connectivity index (χ3n) is 0.399. The van der Waals surface area contributed by atoms with Gasteiger partial charge in [-0.15, -0.1) is 12.8 Å². The first-order chi connectivity index (χ1) is 3.91. The Kier molecular flexibility index (Phi) is 21.1. The molecule has 0 unspecified atom stereocenters. The fraction of sp³-hybridized carbons (Fsp3) is 0.143. The highest BCUT2D eigenvalue weighted by Crippen LogP contribution is 1.61. The molecule has 0 atom stereocenters. The molecule has 0 aromatic heterocycles. The van der Waals surface area contributed by atoms with Crippen molar-refractivity contribution in [2.75, 3.05) is 7.05 Å². The van der Waals surface area contributed by atoms with Gasteiger partial charge in [0, 0.05) is 7.05 Å². The third-order valence-corrected chi connectivity index (χ3v) is 0.399. The summed E-state index contributed by atoms with van der Waals surface area (Å²) in [5, 5.41) is 2.82. The Labute approximate surface area is 51.1 Å². The molecule has 1 heteroatoms. The van der Waals surface area contributed by atoms with Gasteiger partial charge in [0.25, 0.3) is 0 Å². The molecule has 0 spiro atoms. The summed E-state index contributed by atoms with van der Waals surface area (Å²) in [5.74, 6) is 0. The second-order valence-corrected chi connectivity index (χ2v) is 0.883. The van der Waals surface area contributed by atoms with E-state index in [4.69, 9.17) is 0 Å². The minimum Gasteiger partial charge on any atom is -0.394 e. The van der Waals surface area contributed by atoms with E-state index in [2.05, 4.69) is 24.7 Å². The first-order valence-corrected chi connectivity index (χ1v) is 2.20. The van der Waals surface area contributed by atoms with E-state index in [1.165, 1.54) is 0 Å². The minimum atomic E-state index is 1.72. The highest BCUT2D eigenvalue weighted by Gasteiger charge is 1.50. The fourth-order valence-corrected chi connectivity index (χ4v) is 0.164. The van der Waals surface area contributed by atoms with Crippen LogP contribution in [0, 0.1) is 12.8 Å². The molecule has 0 aromatic carbocycles. The van der Waals surface area contributed by atoms with Gasteiger partial charge in [-0.1, -0.05) is 12.7 Å². The van der Waals surface area contributed by atoms with Crippen LogP contribution in [0.15, 0.2) is 24.9 Å². The average molecular weight is 109 g/mol. The van der Waals surface area contributed by atoms with Gasteiger partial charge in [0.1, 0.15) is 0 Å². The van der Waals surface area contributed by atoms with Gasteiger partial charge in [0.2, 0.25) is 0 Å². The highest BCUT2D eigenvalue weighted by atomic mass is 14.8. The Balaban J connectivity index is 0. The topological polar surface area (TPSA) is 12.0 Å². The molecule has 0 bridgehead atoms. The van der Waals surface area contributed by atoms with Crippen LogP contribution in [-0.4, -0.2) is 7.05 Å². The van der Waals surface area contributed by atoms with Crippen LogP contribution in [0.1, 0.15) is 0 Å². The number of nitrogens with one attached hydrogen (secondary N) is 1. The summed E-state index contributed by atoms with van der Waals surface area (Å²) in [6.07, 6.45) is 13.4.